The molecule has 82 heavy (non-hydrogen) atoms. The minimum atomic E-state index is -1.98. The van der Waals surface area contributed by atoms with Crippen molar-refractivity contribution in [3.05, 3.63) is 48.6 Å². The van der Waals surface area contributed by atoms with Gasteiger partial charge in [0.1, 0.15) is 73.2 Å². The van der Waals surface area contributed by atoms with Crippen molar-refractivity contribution < 1.29 is 89.4 Å². The molecule has 3 rings (SSSR count). The Balaban J connectivity index is 1.50. The predicted octanol–water partition coefficient (Wildman–Crippen LogP) is 6.65. The van der Waals surface area contributed by atoms with Crippen molar-refractivity contribution in [2.75, 3.05) is 26.4 Å². The number of rotatable bonds is 47. The van der Waals surface area contributed by atoms with E-state index in [9.17, 15) is 61.0 Å². The summed E-state index contributed by atoms with van der Waals surface area (Å²) in [5.41, 5.74) is 0. The zero-order chi connectivity index (χ0) is 59.7. The fraction of sp³-hybridized carbons (Fsp3) is 0.857. The number of nitrogens with one attached hydrogen (secondary N) is 1. The maximum Gasteiger partial charge on any atom is 0.220 e. The summed E-state index contributed by atoms with van der Waals surface area (Å²) < 4.78 is 34.2. The normalized spacial score (nSPS) is 29.9. The molecule has 0 aromatic rings. The third-order valence-corrected chi connectivity index (χ3v) is 15.8. The van der Waals surface area contributed by atoms with Crippen LogP contribution < -0.4 is 5.32 Å². The molecule has 3 heterocycles. The number of carbonyl (C=O) groups excluding carboxylic acids is 1. The third-order valence-electron chi connectivity index (χ3n) is 15.8. The topological polar surface area (TPSA) is 307 Å². The number of amides is 1. The quantitative estimate of drug-likeness (QED) is 0.0224. The number of hydrogen-bond acceptors (Lipinski definition) is 18. The number of ether oxygens (including phenoxy) is 6. The van der Waals surface area contributed by atoms with Gasteiger partial charge in [-0.25, -0.2) is 0 Å². The summed E-state index contributed by atoms with van der Waals surface area (Å²) in [6, 6.07) is -1.00. The second-order valence-electron chi connectivity index (χ2n) is 22.8. The summed E-state index contributed by atoms with van der Waals surface area (Å²) in [6.07, 6.45) is 25.2. The van der Waals surface area contributed by atoms with Gasteiger partial charge in [-0.05, 0) is 70.6 Å². The molecule has 12 N–H and O–H groups in total. The van der Waals surface area contributed by atoms with Crippen molar-refractivity contribution in [2.24, 2.45) is 0 Å². The fourth-order valence-corrected chi connectivity index (χ4v) is 10.6. The lowest BCUT2D eigenvalue weighted by Gasteiger charge is -2.48. The highest BCUT2D eigenvalue weighted by Crippen LogP contribution is 2.33. The average Bonchev–Trinajstić information content (AvgIpc) is 3.40. The number of aliphatic hydroxyl groups excluding tert-OH is 11. The Bertz CT molecular complexity index is 1680. The van der Waals surface area contributed by atoms with E-state index in [2.05, 4.69) is 55.6 Å². The van der Waals surface area contributed by atoms with Crippen molar-refractivity contribution in [3.63, 3.8) is 0 Å². The molecule has 1 amide bonds. The van der Waals surface area contributed by atoms with Gasteiger partial charge in [-0.1, -0.05) is 184 Å². The second kappa shape index (κ2) is 46.0. The summed E-state index contributed by atoms with van der Waals surface area (Å²) in [4.78, 5) is 13.3. The van der Waals surface area contributed by atoms with Crippen LogP contribution in [0.15, 0.2) is 48.6 Å². The highest BCUT2D eigenvalue weighted by Gasteiger charge is 2.53. The number of unbranched alkanes of at least 4 members (excludes halogenated alkanes) is 25. The van der Waals surface area contributed by atoms with Crippen LogP contribution in [0, 0.1) is 0 Å². The highest BCUT2D eigenvalue weighted by atomic mass is 16.8. The van der Waals surface area contributed by atoms with Crippen molar-refractivity contribution in [1.82, 2.24) is 5.32 Å². The van der Waals surface area contributed by atoms with Gasteiger partial charge in [-0.15, -0.1) is 0 Å². The Morgan fingerprint density at radius 1 is 0.427 bits per heavy atom. The van der Waals surface area contributed by atoms with Crippen molar-refractivity contribution in [3.8, 4) is 0 Å². The summed E-state index contributed by atoms with van der Waals surface area (Å²) in [7, 11) is 0. The first-order valence-electron chi connectivity index (χ1n) is 31.9. The molecule has 3 saturated heterocycles. The van der Waals surface area contributed by atoms with Crippen LogP contribution in [0.5, 0.6) is 0 Å². The van der Waals surface area contributed by atoms with Gasteiger partial charge in [0.05, 0.1) is 38.6 Å². The summed E-state index contributed by atoms with van der Waals surface area (Å²) >= 11 is 0. The molecule has 3 fully saturated rings. The first-order chi connectivity index (χ1) is 39.8. The SMILES string of the molecule is CCCCCCCC/C=C\CCCCCCCC(=O)NC(COC1OC(CO)C(OC2OC(CO)C(OC3OC(CO)C(O)C(O)C3O)C(O)C2O)C(O)C1O)C(O)/C=C/CC/C=C/CC/C=C/CCCCCCCCCCCCCC. The van der Waals surface area contributed by atoms with Gasteiger partial charge in [0.2, 0.25) is 5.91 Å². The van der Waals surface area contributed by atoms with Gasteiger partial charge in [0.25, 0.3) is 0 Å². The Kier molecular flexibility index (Phi) is 41.5. The monoisotopic (exact) mass is 1170 g/mol. The van der Waals surface area contributed by atoms with Gasteiger partial charge in [-0.3, -0.25) is 4.79 Å². The van der Waals surface area contributed by atoms with Crippen LogP contribution >= 0.6 is 0 Å². The summed E-state index contributed by atoms with van der Waals surface area (Å²) in [5, 5.41) is 120. The molecule has 17 unspecified atom stereocenters. The van der Waals surface area contributed by atoms with E-state index in [4.69, 9.17) is 28.4 Å². The first-order valence-corrected chi connectivity index (χ1v) is 31.9. The number of allylic oxidation sites excluding steroid dienone is 7. The molecule has 19 nitrogen and oxygen atoms in total. The van der Waals surface area contributed by atoms with Crippen LogP contribution in [0.2, 0.25) is 0 Å². The third kappa shape index (κ3) is 29.0. The minimum absolute atomic E-state index is 0.221. The maximum atomic E-state index is 13.3. The summed E-state index contributed by atoms with van der Waals surface area (Å²) in [6.45, 7) is 1.68. The van der Waals surface area contributed by atoms with Crippen LogP contribution in [0.1, 0.15) is 213 Å². The zero-order valence-corrected chi connectivity index (χ0v) is 50.0. The molecule has 0 aromatic carbocycles. The van der Waals surface area contributed by atoms with E-state index >= 15 is 0 Å². The molecule has 3 aliphatic heterocycles. The Morgan fingerprint density at radius 3 is 1.22 bits per heavy atom. The van der Waals surface area contributed by atoms with E-state index in [1.807, 2.05) is 6.08 Å². The van der Waals surface area contributed by atoms with E-state index in [-0.39, 0.29) is 18.9 Å². The average molecular weight is 1170 g/mol. The molecule has 0 radical (unpaired) electrons. The molecular weight excluding hydrogens is 1060 g/mol. The predicted molar refractivity (Wildman–Crippen MR) is 314 cm³/mol. The van der Waals surface area contributed by atoms with Gasteiger partial charge < -0.3 is 89.9 Å². The number of aliphatic hydroxyl groups is 11. The lowest BCUT2D eigenvalue weighted by molar-refractivity contribution is -0.379. The molecule has 0 bridgehead atoms. The van der Waals surface area contributed by atoms with Crippen molar-refractivity contribution in [1.29, 1.82) is 0 Å². The molecule has 17 atom stereocenters. The molecule has 3 aliphatic rings. The van der Waals surface area contributed by atoms with E-state index in [0.29, 0.717) is 12.8 Å². The van der Waals surface area contributed by atoms with E-state index in [1.54, 1.807) is 6.08 Å². The largest absolute Gasteiger partial charge is 0.394 e. The molecule has 0 saturated carbocycles. The lowest BCUT2D eigenvalue weighted by Crippen LogP contribution is -2.66. The van der Waals surface area contributed by atoms with Crippen LogP contribution in [-0.4, -0.2) is 193 Å². The molecular formula is C63H113NO18. The number of hydrogen-bond donors (Lipinski definition) is 12. The van der Waals surface area contributed by atoms with Gasteiger partial charge >= 0.3 is 0 Å². The fourth-order valence-electron chi connectivity index (χ4n) is 10.6. The second-order valence-corrected chi connectivity index (χ2v) is 22.8. The smallest absolute Gasteiger partial charge is 0.220 e. The Hall–Kier alpha value is -2.25. The van der Waals surface area contributed by atoms with Crippen LogP contribution in [-0.2, 0) is 33.2 Å². The zero-order valence-electron chi connectivity index (χ0n) is 50.0. The summed E-state index contributed by atoms with van der Waals surface area (Å²) in [5.74, 6) is -0.299. The Morgan fingerprint density at radius 2 is 0.780 bits per heavy atom. The molecule has 0 spiro atoms. The van der Waals surface area contributed by atoms with Gasteiger partial charge in [-0.2, -0.15) is 0 Å². The van der Waals surface area contributed by atoms with Crippen molar-refractivity contribution in [2.45, 2.75) is 317 Å². The van der Waals surface area contributed by atoms with Crippen LogP contribution in [0.25, 0.3) is 0 Å². The number of carbonyl (C=O) groups is 1. The van der Waals surface area contributed by atoms with E-state index in [1.165, 1.54) is 116 Å². The standard InChI is InChI=1S/C63H113NO18/c1-3-5-7-9-11-13-15-17-19-20-21-22-23-24-25-27-28-30-32-34-36-38-40-47(68)46(64-51(69)41-39-37-35-33-31-29-26-18-16-14-12-10-8-6-4-2)45-77-61-57(75)54(72)59(49(43-66)79-61)82-63-58(76)55(73)60(50(44-67)80-63)81-62-56(74)53(71)52(70)48(42-65)78-62/h18,24-26,30,32,38,40,46-50,52-63,65-68,70-76H,3-17,19-23,27-29,31,33-37,39,41-45H2,1-2H3,(H,64,69)/b25-24+,26-18-,32-30+,40-38+. The van der Waals surface area contributed by atoms with E-state index in [0.717, 1.165) is 64.2 Å². The minimum Gasteiger partial charge on any atom is -0.394 e. The first kappa shape index (κ1) is 74.0. The highest BCUT2D eigenvalue weighted by molar-refractivity contribution is 5.76. The van der Waals surface area contributed by atoms with Crippen molar-refractivity contribution >= 4 is 5.91 Å². The molecule has 19 heteroatoms. The van der Waals surface area contributed by atoms with Gasteiger partial charge in [0, 0.05) is 6.42 Å². The maximum absolute atomic E-state index is 13.3. The molecule has 0 aromatic heterocycles. The van der Waals surface area contributed by atoms with E-state index < -0.39 is 124 Å². The Labute approximate surface area is 491 Å². The molecule has 0 aliphatic carbocycles. The molecule has 478 valence electrons. The van der Waals surface area contributed by atoms with Crippen LogP contribution in [0.3, 0.4) is 0 Å². The lowest BCUT2D eigenvalue weighted by atomic mass is 9.96. The van der Waals surface area contributed by atoms with Crippen LogP contribution in [0.4, 0.5) is 0 Å². The van der Waals surface area contributed by atoms with Gasteiger partial charge in [0.15, 0.2) is 18.9 Å².